The minimum absolute atomic E-state index is 0.00159. The summed E-state index contributed by atoms with van der Waals surface area (Å²) in [5.74, 6) is -0.00159. The van der Waals surface area contributed by atoms with Gasteiger partial charge in [0.25, 0.3) is 0 Å². The lowest BCUT2D eigenvalue weighted by Gasteiger charge is -2.20. The number of rotatable bonds is 8. The Morgan fingerprint density at radius 3 is 2.47 bits per heavy atom. The number of nitrogens with zero attached hydrogens (tertiary/aromatic N) is 1. The molecule has 19 heavy (non-hydrogen) atoms. The fourth-order valence-electron chi connectivity index (χ4n) is 1.95. The van der Waals surface area contributed by atoms with Gasteiger partial charge in [-0.25, -0.2) is 12.7 Å². The van der Waals surface area contributed by atoms with Crippen molar-refractivity contribution in [3.63, 3.8) is 0 Å². The molecule has 0 bridgehead atoms. The van der Waals surface area contributed by atoms with E-state index in [4.69, 9.17) is 5.11 Å². The van der Waals surface area contributed by atoms with Crippen LogP contribution in [0.3, 0.4) is 0 Å². The Hall–Kier alpha value is -0.910. The molecule has 1 aromatic rings. The fourth-order valence-corrected chi connectivity index (χ4v) is 3.53. The van der Waals surface area contributed by atoms with Crippen LogP contribution >= 0.6 is 0 Å². The Kier molecular flexibility index (Phi) is 6.48. The summed E-state index contributed by atoms with van der Waals surface area (Å²) in [6.45, 7) is 4.92. The molecule has 5 heteroatoms. The van der Waals surface area contributed by atoms with Gasteiger partial charge in [0.15, 0.2) is 0 Å². The summed E-state index contributed by atoms with van der Waals surface area (Å²) in [5, 5.41) is 9.07. The van der Waals surface area contributed by atoms with E-state index in [2.05, 4.69) is 0 Å². The van der Waals surface area contributed by atoms with Gasteiger partial charge in [-0.2, -0.15) is 0 Å². The summed E-state index contributed by atoms with van der Waals surface area (Å²) in [4.78, 5) is 0. The van der Waals surface area contributed by atoms with Crippen LogP contribution in [0.5, 0.6) is 0 Å². The standard InChI is InChI=1S/C14H23NO3S/c1-3-5-9-15(4-2)19(17,18)12-14-8-6-7-13(10-14)11-16/h6-8,10,16H,3-5,9,11-12H2,1-2H3. The van der Waals surface area contributed by atoms with Gasteiger partial charge < -0.3 is 5.11 Å². The first-order valence-electron chi connectivity index (χ1n) is 6.70. The van der Waals surface area contributed by atoms with Gasteiger partial charge in [0, 0.05) is 13.1 Å². The zero-order valence-electron chi connectivity index (χ0n) is 11.7. The third-order valence-electron chi connectivity index (χ3n) is 3.03. The lowest BCUT2D eigenvalue weighted by molar-refractivity contribution is 0.281. The monoisotopic (exact) mass is 285 g/mol. The Morgan fingerprint density at radius 2 is 1.89 bits per heavy atom. The highest BCUT2D eigenvalue weighted by Crippen LogP contribution is 2.13. The van der Waals surface area contributed by atoms with Crippen LogP contribution in [0.15, 0.2) is 24.3 Å². The van der Waals surface area contributed by atoms with E-state index in [0.717, 1.165) is 24.0 Å². The van der Waals surface area contributed by atoms with Crippen molar-refractivity contribution in [1.29, 1.82) is 0 Å². The Bertz CT molecular complexity index is 485. The zero-order chi connectivity index (χ0) is 14.3. The van der Waals surface area contributed by atoms with Crippen molar-refractivity contribution in [3.05, 3.63) is 35.4 Å². The molecule has 0 saturated heterocycles. The van der Waals surface area contributed by atoms with Gasteiger partial charge >= 0.3 is 0 Å². The molecule has 1 rings (SSSR count). The Labute approximate surface area is 116 Å². The number of aliphatic hydroxyl groups excluding tert-OH is 1. The van der Waals surface area contributed by atoms with Crippen LogP contribution < -0.4 is 0 Å². The maximum absolute atomic E-state index is 12.3. The van der Waals surface area contributed by atoms with Gasteiger partial charge in [0.2, 0.25) is 10.0 Å². The molecule has 0 heterocycles. The van der Waals surface area contributed by atoms with Gasteiger partial charge in [-0.1, -0.05) is 44.5 Å². The molecule has 108 valence electrons. The van der Waals surface area contributed by atoms with E-state index in [-0.39, 0.29) is 12.4 Å². The number of hydrogen-bond donors (Lipinski definition) is 1. The molecule has 0 aliphatic heterocycles. The molecule has 0 saturated carbocycles. The molecule has 0 spiro atoms. The summed E-state index contributed by atoms with van der Waals surface area (Å²) >= 11 is 0. The first-order chi connectivity index (χ1) is 9.03. The average molecular weight is 285 g/mol. The van der Waals surface area contributed by atoms with E-state index < -0.39 is 10.0 Å². The third kappa shape index (κ3) is 4.93. The quantitative estimate of drug-likeness (QED) is 0.796. The van der Waals surface area contributed by atoms with Crippen molar-refractivity contribution >= 4 is 10.0 Å². The first-order valence-corrected chi connectivity index (χ1v) is 8.31. The average Bonchev–Trinajstić information content (AvgIpc) is 2.39. The molecule has 1 aromatic carbocycles. The van der Waals surface area contributed by atoms with Gasteiger partial charge in [0.05, 0.1) is 12.4 Å². The largest absolute Gasteiger partial charge is 0.392 e. The molecule has 4 nitrogen and oxygen atoms in total. The van der Waals surface area contributed by atoms with Gasteiger partial charge in [0.1, 0.15) is 0 Å². The summed E-state index contributed by atoms with van der Waals surface area (Å²) in [6.07, 6.45) is 1.86. The molecule has 0 unspecified atom stereocenters. The number of sulfonamides is 1. The zero-order valence-corrected chi connectivity index (χ0v) is 12.5. The van der Waals surface area contributed by atoms with Crippen LogP contribution in [-0.4, -0.2) is 30.9 Å². The molecule has 0 amide bonds. The summed E-state index contributed by atoms with van der Waals surface area (Å²) in [7, 11) is -3.27. The summed E-state index contributed by atoms with van der Waals surface area (Å²) < 4.78 is 26.1. The van der Waals surface area contributed by atoms with E-state index in [1.54, 1.807) is 24.3 Å². The van der Waals surface area contributed by atoms with Crippen LogP contribution in [-0.2, 0) is 22.4 Å². The lowest BCUT2D eigenvalue weighted by atomic mass is 10.1. The Balaban J connectivity index is 2.81. The second-order valence-corrected chi connectivity index (χ2v) is 6.55. The number of unbranched alkanes of at least 4 members (excludes halogenated alkanes) is 1. The minimum Gasteiger partial charge on any atom is -0.392 e. The predicted molar refractivity (Wildman–Crippen MR) is 77.1 cm³/mol. The number of hydrogen-bond acceptors (Lipinski definition) is 3. The van der Waals surface area contributed by atoms with Crippen molar-refractivity contribution in [3.8, 4) is 0 Å². The van der Waals surface area contributed by atoms with Crippen LogP contribution in [0.2, 0.25) is 0 Å². The van der Waals surface area contributed by atoms with Crippen LogP contribution in [0.25, 0.3) is 0 Å². The maximum Gasteiger partial charge on any atom is 0.218 e. The van der Waals surface area contributed by atoms with E-state index in [0.29, 0.717) is 13.1 Å². The lowest BCUT2D eigenvalue weighted by Crippen LogP contribution is -2.32. The Morgan fingerprint density at radius 1 is 1.21 bits per heavy atom. The van der Waals surface area contributed by atoms with Crippen molar-refractivity contribution < 1.29 is 13.5 Å². The predicted octanol–water partition coefficient (Wildman–Crippen LogP) is 2.13. The molecule has 0 aliphatic carbocycles. The third-order valence-corrected chi connectivity index (χ3v) is 4.96. The highest BCUT2D eigenvalue weighted by atomic mass is 32.2. The number of benzene rings is 1. The fraction of sp³-hybridized carbons (Fsp3) is 0.571. The summed E-state index contributed by atoms with van der Waals surface area (Å²) in [5.41, 5.74) is 1.46. The molecule has 0 aromatic heterocycles. The van der Waals surface area contributed by atoms with E-state index >= 15 is 0 Å². The van der Waals surface area contributed by atoms with Crippen molar-refractivity contribution in [2.75, 3.05) is 13.1 Å². The van der Waals surface area contributed by atoms with Crippen LogP contribution in [0, 0.1) is 0 Å². The summed E-state index contributed by atoms with van der Waals surface area (Å²) in [6, 6.07) is 7.08. The van der Waals surface area contributed by atoms with Crippen molar-refractivity contribution in [1.82, 2.24) is 4.31 Å². The van der Waals surface area contributed by atoms with Crippen LogP contribution in [0.4, 0.5) is 0 Å². The van der Waals surface area contributed by atoms with Crippen molar-refractivity contribution in [2.24, 2.45) is 0 Å². The second-order valence-electron chi connectivity index (χ2n) is 4.58. The first kappa shape index (κ1) is 16.1. The van der Waals surface area contributed by atoms with Gasteiger partial charge in [-0.3, -0.25) is 0 Å². The molecule has 0 atom stereocenters. The van der Waals surface area contributed by atoms with Gasteiger partial charge in [-0.15, -0.1) is 0 Å². The molecule has 0 fully saturated rings. The SMILES string of the molecule is CCCCN(CC)S(=O)(=O)Cc1cccc(CO)c1. The molecule has 0 radical (unpaired) electrons. The highest BCUT2D eigenvalue weighted by Gasteiger charge is 2.20. The maximum atomic E-state index is 12.3. The second kappa shape index (κ2) is 7.62. The molecular weight excluding hydrogens is 262 g/mol. The highest BCUT2D eigenvalue weighted by molar-refractivity contribution is 7.88. The molecule has 1 N–H and O–H groups in total. The van der Waals surface area contributed by atoms with E-state index in [1.807, 2.05) is 13.8 Å². The molecule has 0 aliphatic rings. The number of aliphatic hydroxyl groups is 1. The topological polar surface area (TPSA) is 57.6 Å². The normalized spacial score (nSPS) is 12.0. The van der Waals surface area contributed by atoms with Gasteiger partial charge in [-0.05, 0) is 17.5 Å². The van der Waals surface area contributed by atoms with E-state index in [9.17, 15) is 8.42 Å². The molecular formula is C14H23NO3S. The smallest absolute Gasteiger partial charge is 0.218 e. The van der Waals surface area contributed by atoms with Crippen molar-refractivity contribution in [2.45, 2.75) is 39.0 Å². The van der Waals surface area contributed by atoms with Crippen LogP contribution in [0.1, 0.15) is 37.8 Å². The minimum atomic E-state index is -3.27. The van der Waals surface area contributed by atoms with E-state index in [1.165, 1.54) is 4.31 Å².